The monoisotopic (exact) mass is 285 g/mol. The van der Waals surface area contributed by atoms with Gasteiger partial charge in [0.1, 0.15) is 0 Å². The Kier molecular flexibility index (Phi) is 3.93. The standard InChI is InChI=1S/C16H15NO4/c1-9-3-4-13(14(17)5-9)10-6-11(15(18)19)8-12(7-10)16(20)21-2/h3-8H,17H2,1-2H3,(H,18,19). The van der Waals surface area contributed by atoms with Crippen molar-refractivity contribution in [1.82, 2.24) is 0 Å². The highest BCUT2D eigenvalue weighted by Crippen LogP contribution is 2.29. The average Bonchev–Trinajstić information content (AvgIpc) is 2.45. The van der Waals surface area contributed by atoms with Crippen molar-refractivity contribution in [3.63, 3.8) is 0 Å². The molecular weight excluding hydrogens is 270 g/mol. The third kappa shape index (κ3) is 3.02. The van der Waals surface area contributed by atoms with Crippen molar-refractivity contribution >= 4 is 17.6 Å². The van der Waals surface area contributed by atoms with Crippen molar-refractivity contribution in [3.8, 4) is 11.1 Å². The van der Waals surface area contributed by atoms with Crippen LogP contribution in [0.3, 0.4) is 0 Å². The highest BCUT2D eigenvalue weighted by Gasteiger charge is 2.14. The number of ether oxygens (including phenoxy) is 1. The van der Waals surface area contributed by atoms with Gasteiger partial charge >= 0.3 is 11.9 Å². The van der Waals surface area contributed by atoms with E-state index in [1.165, 1.54) is 19.2 Å². The van der Waals surface area contributed by atoms with E-state index in [4.69, 9.17) is 10.8 Å². The van der Waals surface area contributed by atoms with Gasteiger partial charge in [0.2, 0.25) is 0 Å². The minimum Gasteiger partial charge on any atom is -0.478 e. The van der Waals surface area contributed by atoms with Crippen LogP contribution in [0.4, 0.5) is 5.69 Å². The number of benzene rings is 2. The number of carboxylic acid groups (broad SMARTS) is 1. The number of carboxylic acids is 1. The Hall–Kier alpha value is -2.82. The predicted octanol–water partition coefficient (Wildman–Crippen LogP) is 2.73. The van der Waals surface area contributed by atoms with Crippen molar-refractivity contribution in [2.75, 3.05) is 12.8 Å². The molecule has 0 atom stereocenters. The number of nitrogens with two attached hydrogens (primary N) is 1. The third-order valence-electron chi connectivity index (χ3n) is 3.12. The summed E-state index contributed by atoms with van der Waals surface area (Å²) in [6.45, 7) is 1.91. The van der Waals surface area contributed by atoms with Crippen LogP contribution in [0.25, 0.3) is 11.1 Å². The lowest BCUT2D eigenvalue weighted by molar-refractivity contribution is 0.0601. The number of nitrogen functional groups attached to an aromatic ring is 1. The zero-order chi connectivity index (χ0) is 15.6. The summed E-state index contributed by atoms with van der Waals surface area (Å²) in [5, 5.41) is 9.17. The topological polar surface area (TPSA) is 89.6 Å². The molecule has 0 aliphatic rings. The summed E-state index contributed by atoms with van der Waals surface area (Å²) < 4.78 is 4.65. The molecule has 0 saturated carbocycles. The van der Waals surface area contributed by atoms with Crippen molar-refractivity contribution in [2.24, 2.45) is 0 Å². The quantitative estimate of drug-likeness (QED) is 0.668. The Balaban J connectivity index is 2.64. The van der Waals surface area contributed by atoms with Crippen LogP contribution in [0.1, 0.15) is 26.3 Å². The molecule has 5 heteroatoms. The SMILES string of the molecule is COC(=O)c1cc(C(=O)O)cc(-c2ccc(C)cc2N)c1. The molecule has 108 valence electrons. The number of carbonyl (C=O) groups excluding carboxylic acids is 1. The van der Waals surface area contributed by atoms with Crippen LogP contribution < -0.4 is 5.73 Å². The maximum Gasteiger partial charge on any atom is 0.337 e. The van der Waals surface area contributed by atoms with E-state index in [0.29, 0.717) is 16.8 Å². The van der Waals surface area contributed by atoms with Gasteiger partial charge in [0.05, 0.1) is 18.2 Å². The van der Waals surface area contributed by atoms with Crippen molar-refractivity contribution in [2.45, 2.75) is 6.92 Å². The summed E-state index contributed by atoms with van der Waals surface area (Å²) in [7, 11) is 1.25. The predicted molar refractivity (Wildman–Crippen MR) is 79.3 cm³/mol. The van der Waals surface area contributed by atoms with Gasteiger partial charge in [-0.2, -0.15) is 0 Å². The largest absolute Gasteiger partial charge is 0.478 e. The molecule has 0 radical (unpaired) electrons. The number of aryl methyl sites for hydroxylation is 1. The molecule has 0 fully saturated rings. The van der Waals surface area contributed by atoms with Crippen LogP contribution in [-0.4, -0.2) is 24.2 Å². The molecule has 0 unspecified atom stereocenters. The lowest BCUT2D eigenvalue weighted by Crippen LogP contribution is -2.05. The highest BCUT2D eigenvalue weighted by molar-refractivity contribution is 5.97. The van der Waals surface area contributed by atoms with Crippen LogP contribution in [0, 0.1) is 6.92 Å². The average molecular weight is 285 g/mol. The molecule has 0 aliphatic carbocycles. The molecule has 21 heavy (non-hydrogen) atoms. The molecule has 0 aliphatic heterocycles. The van der Waals surface area contributed by atoms with Gasteiger partial charge < -0.3 is 15.6 Å². The molecule has 0 spiro atoms. The zero-order valence-corrected chi connectivity index (χ0v) is 11.7. The lowest BCUT2D eigenvalue weighted by Gasteiger charge is -2.10. The fourth-order valence-corrected chi connectivity index (χ4v) is 2.09. The summed E-state index contributed by atoms with van der Waals surface area (Å²) in [6, 6.07) is 9.79. The van der Waals surface area contributed by atoms with Gasteiger partial charge in [0.25, 0.3) is 0 Å². The number of aromatic carboxylic acids is 1. The van der Waals surface area contributed by atoms with Gasteiger partial charge in [-0.3, -0.25) is 0 Å². The second-order valence-electron chi connectivity index (χ2n) is 4.69. The van der Waals surface area contributed by atoms with Crippen LogP contribution in [-0.2, 0) is 4.74 Å². The summed E-state index contributed by atoms with van der Waals surface area (Å²) >= 11 is 0. The van der Waals surface area contributed by atoms with E-state index in [1.54, 1.807) is 18.2 Å². The van der Waals surface area contributed by atoms with Crippen molar-refractivity contribution in [3.05, 3.63) is 53.1 Å². The molecule has 0 bridgehead atoms. The minimum atomic E-state index is -1.12. The maximum absolute atomic E-state index is 11.7. The van der Waals surface area contributed by atoms with E-state index in [1.807, 2.05) is 13.0 Å². The lowest BCUT2D eigenvalue weighted by atomic mass is 9.97. The van der Waals surface area contributed by atoms with E-state index in [9.17, 15) is 9.59 Å². The molecule has 0 amide bonds. The van der Waals surface area contributed by atoms with Crippen LogP contribution >= 0.6 is 0 Å². The molecule has 2 aromatic rings. The fraction of sp³-hybridized carbons (Fsp3) is 0.125. The molecule has 2 rings (SSSR count). The van der Waals surface area contributed by atoms with Gasteiger partial charge in [-0.1, -0.05) is 12.1 Å². The summed E-state index contributed by atoms with van der Waals surface area (Å²) in [5.74, 6) is -1.71. The summed E-state index contributed by atoms with van der Waals surface area (Å²) in [6.07, 6.45) is 0. The number of methoxy groups -OCH3 is 1. The number of anilines is 1. The number of carbonyl (C=O) groups is 2. The smallest absolute Gasteiger partial charge is 0.337 e. The molecule has 5 nitrogen and oxygen atoms in total. The van der Waals surface area contributed by atoms with Gasteiger partial charge in [0, 0.05) is 11.3 Å². The van der Waals surface area contributed by atoms with Crippen molar-refractivity contribution in [1.29, 1.82) is 0 Å². The summed E-state index contributed by atoms with van der Waals surface area (Å²) in [5.41, 5.74) is 8.91. The second kappa shape index (κ2) is 5.66. The second-order valence-corrected chi connectivity index (χ2v) is 4.69. The maximum atomic E-state index is 11.7. The number of esters is 1. The molecule has 0 heterocycles. The van der Waals surface area contributed by atoms with Crippen molar-refractivity contribution < 1.29 is 19.4 Å². The molecular formula is C16H15NO4. The molecule has 2 aromatic carbocycles. The van der Waals surface area contributed by atoms with E-state index in [-0.39, 0.29) is 11.1 Å². The zero-order valence-electron chi connectivity index (χ0n) is 11.7. The van der Waals surface area contributed by atoms with Crippen LogP contribution in [0.2, 0.25) is 0 Å². The summed E-state index contributed by atoms with van der Waals surface area (Å²) in [4.78, 5) is 22.9. The Morgan fingerprint density at radius 1 is 1.10 bits per heavy atom. The first kappa shape index (κ1) is 14.6. The first-order valence-electron chi connectivity index (χ1n) is 6.25. The molecule has 0 aromatic heterocycles. The molecule has 3 N–H and O–H groups in total. The number of hydrogen-bond donors (Lipinski definition) is 2. The van der Waals surface area contributed by atoms with Crippen LogP contribution in [0.5, 0.6) is 0 Å². The first-order valence-corrected chi connectivity index (χ1v) is 6.25. The number of hydrogen-bond acceptors (Lipinski definition) is 4. The third-order valence-corrected chi connectivity index (χ3v) is 3.12. The Morgan fingerprint density at radius 2 is 1.76 bits per heavy atom. The Bertz CT molecular complexity index is 722. The normalized spacial score (nSPS) is 10.2. The first-order chi connectivity index (χ1) is 9.92. The number of rotatable bonds is 3. The van der Waals surface area contributed by atoms with E-state index >= 15 is 0 Å². The minimum absolute atomic E-state index is 0.00729. The highest BCUT2D eigenvalue weighted by atomic mass is 16.5. The van der Waals surface area contributed by atoms with E-state index in [0.717, 1.165) is 5.56 Å². The van der Waals surface area contributed by atoms with Gasteiger partial charge in [0.15, 0.2) is 0 Å². The Morgan fingerprint density at radius 3 is 2.33 bits per heavy atom. The van der Waals surface area contributed by atoms with E-state index in [2.05, 4.69) is 4.74 Å². The molecule has 0 saturated heterocycles. The van der Waals surface area contributed by atoms with Gasteiger partial charge in [-0.15, -0.1) is 0 Å². The van der Waals surface area contributed by atoms with Gasteiger partial charge in [-0.25, -0.2) is 9.59 Å². The van der Waals surface area contributed by atoms with Gasteiger partial charge in [-0.05, 0) is 42.3 Å². The van der Waals surface area contributed by atoms with Crippen LogP contribution in [0.15, 0.2) is 36.4 Å². The fourth-order valence-electron chi connectivity index (χ4n) is 2.09. The van der Waals surface area contributed by atoms with E-state index < -0.39 is 11.9 Å². The Labute approximate surface area is 122 Å².